The van der Waals surface area contributed by atoms with E-state index in [-0.39, 0.29) is 0 Å². The van der Waals surface area contributed by atoms with Gasteiger partial charge in [0.1, 0.15) is 6.10 Å². The molecule has 0 aromatic carbocycles. The molecule has 70 valence electrons. The first-order valence-corrected chi connectivity index (χ1v) is 4.52. The van der Waals surface area contributed by atoms with Crippen LogP contribution in [0.25, 0.3) is 0 Å². The van der Waals surface area contributed by atoms with Crippen molar-refractivity contribution in [1.29, 1.82) is 0 Å². The molecule has 0 spiro atoms. The van der Waals surface area contributed by atoms with Crippen LogP contribution in [-0.4, -0.2) is 22.3 Å². The van der Waals surface area contributed by atoms with E-state index < -0.39 is 12.1 Å². The number of carboxylic acid groups (broad SMARTS) is 1. The number of aliphatic carboxylic acids is 1. The van der Waals surface area contributed by atoms with E-state index in [1.165, 1.54) is 18.8 Å². The quantitative estimate of drug-likeness (QED) is 0.626. The molecule has 2 saturated carbocycles. The van der Waals surface area contributed by atoms with Crippen molar-refractivity contribution >= 4 is 5.97 Å². The molecule has 2 N–H and O–H groups in total. The zero-order chi connectivity index (χ0) is 9.14. The first kappa shape index (κ1) is 9.52. The van der Waals surface area contributed by atoms with Crippen LogP contribution < -0.4 is 0 Å². The van der Waals surface area contributed by atoms with Gasteiger partial charge >= 0.3 is 5.97 Å². The number of aliphatic hydroxyl groups excluding tert-OH is 1. The summed E-state index contributed by atoms with van der Waals surface area (Å²) in [6.07, 6.45) is 5.01. The van der Waals surface area contributed by atoms with Crippen LogP contribution in [-0.2, 0) is 4.79 Å². The number of fused-ring (bicyclic) bond motifs is 1. The fourth-order valence-electron chi connectivity index (χ4n) is 1.56. The average Bonchev–Trinajstić information content (AvgIpc) is 1.97. The molecule has 12 heavy (non-hydrogen) atoms. The first-order valence-electron chi connectivity index (χ1n) is 4.52. The van der Waals surface area contributed by atoms with Crippen LogP contribution in [0.2, 0.25) is 0 Å². The summed E-state index contributed by atoms with van der Waals surface area (Å²) in [4.78, 5) is 9.45. The molecule has 0 amide bonds. The molecule has 0 aromatic heterocycles. The minimum Gasteiger partial charge on any atom is -0.479 e. The lowest BCUT2D eigenvalue weighted by Gasteiger charge is -2.46. The maximum atomic E-state index is 9.45. The largest absolute Gasteiger partial charge is 0.479 e. The van der Waals surface area contributed by atoms with Gasteiger partial charge < -0.3 is 10.2 Å². The lowest BCUT2D eigenvalue weighted by molar-refractivity contribution is -0.145. The van der Waals surface area contributed by atoms with Gasteiger partial charge in [0.2, 0.25) is 0 Å². The highest BCUT2D eigenvalue weighted by atomic mass is 16.4. The Kier molecular flexibility index (Phi) is 3.09. The van der Waals surface area contributed by atoms with Gasteiger partial charge in [-0.15, -0.1) is 0 Å². The molecule has 2 rings (SSSR count). The highest BCUT2D eigenvalue weighted by molar-refractivity contribution is 5.71. The van der Waals surface area contributed by atoms with Crippen molar-refractivity contribution in [2.45, 2.75) is 38.7 Å². The fourth-order valence-corrected chi connectivity index (χ4v) is 1.56. The molecule has 1 unspecified atom stereocenters. The van der Waals surface area contributed by atoms with Crippen molar-refractivity contribution < 1.29 is 15.0 Å². The zero-order valence-corrected chi connectivity index (χ0v) is 7.36. The van der Waals surface area contributed by atoms with Crippen LogP contribution in [0, 0.1) is 11.8 Å². The Hall–Kier alpha value is -0.570. The summed E-state index contributed by atoms with van der Waals surface area (Å²) in [5, 5.41) is 15.8. The number of hydrogen-bond acceptors (Lipinski definition) is 2. The standard InChI is InChI=1S/C6H10.C3H6O3/c1-2-6-4-3-5(1)6;1-2(4)3(5)6/h5-6H,1-4H2;2,4H,1H3,(H,5,6). The summed E-state index contributed by atoms with van der Waals surface area (Å²) >= 11 is 0. The predicted octanol–water partition coefficient (Wildman–Crippen LogP) is 1.26. The summed E-state index contributed by atoms with van der Waals surface area (Å²) in [5.74, 6) is 1.24. The summed E-state index contributed by atoms with van der Waals surface area (Å²) in [6.45, 7) is 1.20. The fraction of sp³-hybridized carbons (Fsp3) is 0.889. The van der Waals surface area contributed by atoms with Crippen LogP contribution >= 0.6 is 0 Å². The second-order valence-corrected chi connectivity index (χ2v) is 3.69. The Bertz CT molecular complexity index is 147. The average molecular weight is 172 g/mol. The second kappa shape index (κ2) is 3.90. The van der Waals surface area contributed by atoms with Crippen molar-refractivity contribution in [3.8, 4) is 0 Å². The Morgan fingerprint density at radius 1 is 1.25 bits per heavy atom. The summed E-state index contributed by atoms with van der Waals surface area (Å²) in [6, 6.07) is 0. The van der Waals surface area contributed by atoms with Gasteiger partial charge in [0, 0.05) is 0 Å². The lowest BCUT2D eigenvalue weighted by Crippen LogP contribution is -2.34. The van der Waals surface area contributed by atoms with Crippen molar-refractivity contribution in [3.05, 3.63) is 0 Å². The van der Waals surface area contributed by atoms with Crippen molar-refractivity contribution in [2.75, 3.05) is 0 Å². The molecule has 2 aliphatic rings. The molecule has 0 aromatic rings. The number of hydrogen-bond donors (Lipinski definition) is 2. The molecule has 0 bridgehead atoms. The van der Waals surface area contributed by atoms with E-state index in [0.717, 1.165) is 0 Å². The van der Waals surface area contributed by atoms with E-state index in [1.807, 2.05) is 0 Å². The monoisotopic (exact) mass is 172 g/mol. The molecular weight excluding hydrogens is 156 g/mol. The highest BCUT2D eigenvalue weighted by Crippen LogP contribution is 2.49. The van der Waals surface area contributed by atoms with Gasteiger partial charge in [-0.2, -0.15) is 0 Å². The van der Waals surface area contributed by atoms with Crippen molar-refractivity contribution in [1.82, 2.24) is 0 Å². The third kappa shape index (κ3) is 2.21. The maximum Gasteiger partial charge on any atom is 0.332 e. The Balaban J connectivity index is 0.000000120. The minimum absolute atomic E-state index is 1.19. The van der Waals surface area contributed by atoms with Crippen LogP contribution in [0.1, 0.15) is 32.6 Å². The molecule has 0 aliphatic heterocycles. The second-order valence-electron chi connectivity index (χ2n) is 3.69. The Morgan fingerprint density at radius 2 is 1.50 bits per heavy atom. The van der Waals surface area contributed by atoms with Crippen LogP contribution in [0.4, 0.5) is 0 Å². The number of aliphatic hydroxyl groups is 1. The van der Waals surface area contributed by atoms with Gasteiger partial charge in [-0.1, -0.05) is 0 Å². The third-order valence-electron chi connectivity index (χ3n) is 2.84. The lowest BCUT2D eigenvalue weighted by atomic mass is 9.60. The molecule has 2 aliphatic carbocycles. The van der Waals surface area contributed by atoms with Gasteiger partial charge in [0.25, 0.3) is 0 Å². The highest BCUT2D eigenvalue weighted by Gasteiger charge is 2.37. The van der Waals surface area contributed by atoms with Gasteiger partial charge in [0.15, 0.2) is 0 Å². The molecule has 3 nitrogen and oxygen atoms in total. The molecule has 2 fully saturated rings. The summed E-state index contributed by atoms with van der Waals surface area (Å²) < 4.78 is 0. The van der Waals surface area contributed by atoms with E-state index in [2.05, 4.69) is 0 Å². The van der Waals surface area contributed by atoms with E-state index in [0.29, 0.717) is 0 Å². The van der Waals surface area contributed by atoms with E-state index in [9.17, 15) is 4.79 Å². The zero-order valence-electron chi connectivity index (χ0n) is 7.36. The number of rotatable bonds is 1. The molecule has 0 heterocycles. The van der Waals surface area contributed by atoms with Gasteiger partial charge in [0.05, 0.1) is 0 Å². The SMILES string of the molecule is C1CC2CCC12.CC(O)C(=O)O. The van der Waals surface area contributed by atoms with Crippen molar-refractivity contribution in [3.63, 3.8) is 0 Å². The third-order valence-corrected chi connectivity index (χ3v) is 2.84. The van der Waals surface area contributed by atoms with Crippen LogP contribution in [0.15, 0.2) is 0 Å². The van der Waals surface area contributed by atoms with Crippen LogP contribution in [0.5, 0.6) is 0 Å². The Morgan fingerprint density at radius 3 is 1.50 bits per heavy atom. The topological polar surface area (TPSA) is 57.5 Å². The summed E-state index contributed by atoms with van der Waals surface area (Å²) in [7, 11) is 0. The van der Waals surface area contributed by atoms with Gasteiger partial charge in [-0.25, -0.2) is 4.79 Å². The number of carbonyl (C=O) groups is 1. The molecule has 3 heteroatoms. The van der Waals surface area contributed by atoms with Crippen LogP contribution in [0.3, 0.4) is 0 Å². The molecular formula is C9H16O3. The first-order chi connectivity index (χ1) is 5.61. The maximum absolute atomic E-state index is 9.45. The Labute approximate surface area is 72.4 Å². The molecule has 0 saturated heterocycles. The predicted molar refractivity (Wildman–Crippen MR) is 44.8 cm³/mol. The molecule has 0 radical (unpaired) electrons. The van der Waals surface area contributed by atoms with E-state index in [4.69, 9.17) is 10.2 Å². The number of carboxylic acids is 1. The van der Waals surface area contributed by atoms with E-state index in [1.54, 1.807) is 25.7 Å². The normalized spacial score (nSPS) is 32.8. The smallest absolute Gasteiger partial charge is 0.332 e. The molecule has 1 atom stereocenters. The minimum atomic E-state index is -1.23. The van der Waals surface area contributed by atoms with Gasteiger partial charge in [-0.05, 0) is 44.4 Å². The van der Waals surface area contributed by atoms with Crippen molar-refractivity contribution in [2.24, 2.45) is 11.8 Å². The van der Waals surface area contributed by atoms with E-state index >= 15 is 0 Å². The van der Waals surface area contributed by atoms with Gasteiger partial charge in [-0.3, -0.25) is 0 Å². The summed E-state index contributed by atoms with van der Waals surface area (Å²) in [5.41, 5.74) is 0.